The first-order chi connectivity index (χ1) is 13.6. The van der Waals surface area contributed by atoms with Gasteiger partial charge in [0.2, 0.25) is 5.91 Å². The summed E-state index contributed by atoms with van der Waals surface area (Å²) in [6.07, 6.45) is 1.36. The van der Waals surface area contributed by atoms with E-state index < -0.39 is 0 Å². The molecule has 0 aromatic heterocycles. The normalized spacial score (nSPS) is 16.6. The molecule has 1 heterocycles. The van der Waals surface area contributed by atoms with Gasteiger partial charge in [0.15, 0.2) is 0 Å². The zero-order valence-corrected chi connectivity index (χ0v) is 17.2. The van der Waals surface area contributed by atoms with E-state index >= 15 is 0 Å². The second-order valence-corrected chi connectivity index (χ2v) is 8.02. The molecule has 150 valence electrons. The number of hydrogen-bond acceptors (Lipinski definition) is 3. The van der Waals surface area contributed by atoms with Crippen molar-refractivity contribution in [3.05, 3.63) is 71.3 Å². The molecule has 0 aliphatic carbocycles. The lowest BCUT2D eigenvalue weighted by atomic mass is 10.1. The molecule has 2 aromatic carbocycles. The summed E-state index contributed by atoms with van der Waals surface area (Å²) in [4.78, 5) is 17.2. The smallest absolute Gasteiger partial charge is 0.220 e. The van der Waals surface area contributed by atoms with Crippen molar-refractivity contribution in [3.63, 3.8) is 0 Å². The molecular formula is C24H33N3O. The van der Waals surface area contributed by atoms with Crippen LogP contribution >= 0.6 is 0 Å². The summed E-state index contributed by atoms with van der Waals surface area (Å²) in [5, 5.41) is 3.17. The van der Waals surface area contributed by atoms with Gasteiger partial charge in [0.05, 0.1) is 0 Å². The van der Waals surface area contributed by atoms with Gasteiger partial charge in [0, 0.05) is 51.7 Å². The fraction of sp³-hybridized carbons (Fsp3) is 0.458. The number of carbonyl (C=O) groups excluding carboxylic acids is 1. The third kappa shape index (κ3) is 6.77. The van der Waals surface area contributed by atoms with Crippen molar-refractivity contribution >= 4 is 5.91 Å². The van der Waals surface area contributed by atoms with Crippen molar-refractivity contribution in [2.24, 2.45) is 0 Å². The Hall–Kier alpha value is -2.17. The summed E-state index contributed by atoms with van der Waals surface area (Å²) >= 11 is 0. The SMILES string of the molecule is Cc1ccc(CCC(=O)N[C@@H](C)CN2CCN(Cc3ccccc3)CC2)cc1. The van der Waals surface area contributed by atoms with Crippen LogP contribution in [0.5, 0.6) is 0 Å². The molecular weight excluding hydrogens is 346 g/mol. The topological polar surface area (TPSA) is 35.6 Å². The Labute approximate surface area is 169 Å². The Morgan fingerprint density at radius 1 is 0.929 bits per heavy atom. The zero-order valence-electron chi connectivity index (χ0n) is 17.2. The summed E-state index contributed by atoms with van der Waals surface area (Å²) in [7, 11) is 0. The van der Waals surface area contributed by atoms with Gasteiger partial charge in [0.1, 0.15) is 0 Å². The number of amides is 1. The molecule has 0 unspecified atom stereocenters. The summed E-state index contributed by atoms with van der Waals surface area (Å²) in [6.45, 7) is 10.5. The maximum Gasteiger partial charge on any atom is 0.220 e. The fourth-order valence-corrected chi connectivity index (χ4v) is 3.76. The minimum Gasteiger partial charge on any atom is -0.352 e. The number of rotatable bonds is 8. The van der Waals surface area contributed by atoms with Gasteiger partial charge < -0.3 is 5.32 Å². The van der Waals surface area contributed by atoms with E-state index in [0.717, 1.165) is 45.7 Å². The van der Waals surface area contributed by atoms with Gasteiger partial charge in [-0.15, -0.1) is 0 Å². The number of hydrogen-bond donors (Lipinski definition) is 1. The van der Waals surface area contributed by atoms with Crippen LogP contribution < -0.4 is 5.32 Å². The Kier molecular flexibility index (Phi) is 7.63. The monoisotopic (exact) mass is 379 g/mol. The predicted octanol–water partition coefficient (Wildman–Crippen LogP) is 3.25. The lowest BCUT2D eigenvalue weighted by Crippen LogP contribution is -2.50. The van der Waals surface area contributed by atoms with Crippen LogP contribution in [0.15, 0.2) is 54.6 Å². The average Bonchev–Trinajstić information content (AvgIpc) is 2.70. The fourth-order valence-electron chi connectivity index (χ4n) is 3.76. The molecule has 0 radical (unpaired) electrons. The third-order valence-electron chi connectivity index (χ3n) is 5.41. The first kappa shape index (κ1) is 20.6. The summed E-state index contributed by atoms with van der Waals surface area (Å²) in [5.41, 5.74) is 3.86. The number of nitrogens with one attached hydrogen (secondary N) is 1. The molecule has 0 spiro atoms. The first-order valence-corrected chi connectivity index (χ1v) is 10.4. The van der Waals surface area contributed by atoms with Crippen LogP contribution in [-0.2, 0) is 17.8 Å². The standard InChI is InChI=1S/C24H33N3O/c1-20-8-10-22(11-9-20)12-13-24(28)25-21(2)18-26-14-16-27(17-15-26)19-23-6-4-3-5-7-23/h3-11,21H,12-19H2,1-2H3,(H,25,28)/t21-/m0/s1. The Morgan fingerprint density at radius 3 is 2.25 bits per heavy atom. The number of carbonyl (C=O) groups is 1. The van der Waals surface area contributed by atoms with Crippen LogP contribution in [0.1, 0.15) is 30.0 Å². The van der Waals surface area contributed by atoms with Gasteiger partial charge in [-0.3, -0.25) is 14.6 Å². The minimum atomic E-state index is 0.149. The highest BCUT2D eigenvalue weighted by molar-refractivity contribution is 5.76. The molecule has 0 saturated carbocycles. The van der Waals surface area contributed by atoms with Crippen LogP contribution in [0, 0.1) is 6.92 Å². The van der Waals surface area contributed by atoms with Crippen molar-refractivity contribution in [1.82, 2.24) is 15.1 Å². The second-order valence-electron chi connectivity index (χ2n) is 8.02. The Morgan fingerprint density at radius 2 is 1.57 bits per heavy atom. The van der Waals surface area contributed by atoms with E-state index in [0.29, 0.717) is 6.42 Å². The van der Waals surface area contributed by atoms with Crippen LogP contribution in [0.3, 0.4) is 0 Å². The van der Waals surface area contributed by atoms with Crippen molar-refractivity contribution in [2.45, 2.75) is 39.3 Å². The Bertz CT molecular complexity index is 721. The van der Waals surface area contributed by atoms with Gasteiger partial charge in [-0.25, -0.2) is 0 Å². The largest absolute Gasteiger partial charge is 0.352 e. The van der Waals surface area contributed by atoms with Crippen LogP contribution in [0.4, 0.5) is 0 Å². The van der Waals surface area contributed by atoms with Crippen LogP contribution in [0.2, 0.25) is 0 Å². The maximum absolute atomic E-state index is 12.3. The number of piperazine rings is 1. The highest BCUT2D eigenvalue weighted by Crippen LogP contribution is 2.09. The highest BCUT2D eigenvalue weighted by Gasteiger charge is 2.19. The van der Waals surface area contributed by atoms with Crippen LogP contribution in [-0.4, -0.2) is 54.5 Å². The molecule has 1 atom stereocenters. The molecule has 4 nitrogen and oxygen atoms in total. The van der Waals surface area contributed by atoms with Gasteiger partial charge in [-0.05, 0) is 31.4 Å². The Balaban J connectivity index is 1.33. The molecule has 1 aliphatic rings. The zero-order chi connectivity index (χ0) is 19.8. The van der Waals surface area contributed by atoms with E-state index in [-0.39, 0.29) is 11.9 Å². The van der Waals surface area contributed by atoms with E-state index in [1.54, 1.807) is 0 Å². The average molecular weight is 380 g/mol. The summed E-state index contributed by atoms with van der Waals surface area (Å²) in [6, 6.07) is 19.3. The second kappa shape index (κ2) is 10.4. The van der Waals surface area contributed by atoms with Crippen molar-refractivity contribution in [1.29, 1.82) is 0 Å². The molecule has 28 heavy (non-hydrogen) atoms. The van der Waals surface area contributed by atoms with E-state index in [1.165, 1.54) is 16.7 Å². The lowest BCUT2D eigenvalue weighted by Gasteiger charge is -2.36. The molecule has 2 aromatic rings. The predicted molar refractivity (Wildman–Crippen MR) is 115 cm³/mol. The molecule has 1 saturated heterocycles. The van der Waals surface area contributed by atoms with Gasteiger partial charge in [0.25, 0.3) is 0 Å². The van der Waals surface area contributed by atoms with Crippen molar-refractivity contribution in [3.8, 4) is 0 Å². The number of aryl methyl sites for hydroxylation is 2. The molecule has 4 heteroatoms. The summed E-state index contributed by atoms with van der Waals surface area (Å²) in [5.74, 6) is 0.149. The van der Waals surface area contributed by atoms with Gasteiger partial charge in [-0.1, -0.05) is 60.2 Å². The maximum atomic E-state index is 12.3. The molecule has 1 fully saturated rings. The third-order valence-corrected chi connectivity index (χ3v) is 5.41. The quantitative estimate of drug-likeness (QED) is 0.765. The van der Waals surface area contributed by atoms with Crippen LogP contribution in [0.25, 0.3) is 0 Å². The van der Waals surface area contributed by atoms with Crippen molar-refractivity contribution < 1.29 is 4.79 Å². The lowest BCUT2D eigenvalue weighted by molar-refractivity contribution is -0.121. The van der Waals surface area contributed by atoms with E-state index in [9.17, 15) is 4.79 Å². The molecule has 3 rings (SSSR count). The highest BCUT2D eigenvalue weighted by atomic mass is 16.1. The number of benzene rings is 2. The van der Waals surface area contributed by atoms with Gasteiger partial charge in [-0.2, -0.15) is 0 Å². The summed E-state index contributed by atoms with van der Waals surface area (Å²) < 4.78 is 0. The first-order valence-electron chi connectivity index (χ1n) is 10.4. The molecule has 1 N–H and O–H groups in total. The molecule has 0 bridgehead atoms. The minimum absolute atomic E-state index is 0.149. The molecule has 1 aliphatic heterocycles. The van der Waals surface area contributed by atoms with E-state index in [2.05, 4.69) is 83.6 Å². The van der Waals surface area contributed by atoms with Gasteiger partial charge >= 0.3 is 0 Å². The van der Waals surface area contributed by atoms with Crippen molar-refractivity contribution in [2.75, 3.05) is 32.7 Å². The number of nitrogens with zero attached hydrogens (tertiary/aromatic N) is 2. The van der Waals surface area contributed by atoms with E-state index in [1.807, 2.05) is 0 Å². The van der Waals surface area contributed by atoms with E-state index in [4.69, 9.17) is 0 Å². The molecule has 1 amide bonds.